The van der Waals surface area contributed by atoms with Gasteiger partial charge in [0.1, 0.15) is 5.75 Å². The molecule has 0 aromatic heterocycles. The van der Waals surface area contributed by atoms with Crippen LogP contribution in [0.15, 0.2) is 47.4 Å². The Morgan fingerprint density at radius 1 is 0.955 bits per heavy atom. The van der Waals surface area contributed by atoms with Crippen LogP contribution < -0.4 is 5.32 Å². The number of nitrogens with one attached hydrogen (secondary N) is 1. The molecule has 1 N–H and O–H groups in total. The molecule has 0 atom stereocenters. The summed E-state index contributed by atoms with van der Waals surface area (Å²) in [5, 5.41) is 3.49. The summed E-state index contributed by atoms with van der Waals surface area (Å²) >= 11 is 17.4. The molecular formula is C14H10Cl3NO3S. The van der Waals surface area contributed by atoms with E-state index in [0.29, 0.717) is 15.7 Å². The first kappa shape index (κ1) is 17.1. The number of benzene rings is 2. The molecule has 116 valence electrons. The Balaban J connectivity index is 2.12. The average Bonchev–Trinajstić information content (AvgIpc) is 2.42. The molecule has 0 bridgehead atoms. The Morgan fingerprint density at radius 3 is 2.14 bits per heavy atom. The molecule has 0 saturated carbocycles. The van der Waals surface area contributed by atoms with Crippen molar-refractivity contribution in [3.8, 4) is 0 Å². The van der Waals surface area contributed by atoms with E-state index in [1.807, 2.05) is 0 Å². The van der Waals surface area contributed by atoms with Crippen LogP contribution in [-0.4, -0.2) is 20.1 Å². The van der Waals surface area contributed by atoms with Gasteiger partial charge in [-0.15, -0.1) is 0 Å². The van der Waals surface area contributed by atoms with Gasteiger partial charge in [0.25, 0.3) is 0 Å². The van der Waals surface area contributed by atoms with Crippen molar-refractivity contribution in [1.82, 2.24) is 0 Å². The van der Waals surface area contributed by atoms with Crippen molar-refractivity contribution in [2.75, 3.05) is 11.1 Å². The van der Waals surface area contributed by atoms with Gasteiger partial charge in [-0.3, -0.25) is 4.79 Å². The molecule has 0 aliphatic heterocycles. The van der Waals surface area contributed by atoms with E-state index < -0.39 is 21.5 Å². The summed E-state index contributed by atoms with van der Waals surface area (Å²) in [5.41, 5.74) is 0.294. The minimum Gasteiger partial charge on any atom is -0.324 e. The van der Waals surface area contributed by atoms with Crippen molar-refractivity contribution < 1.29 is 13.2 Å². The highest BCUT2D eigenvalue weighted by molar-refractivity contribution is 7.92. The number of hydrogen-bond donors (Lipinski definition) is 1. The fourth-order valence-corrected chi connectivity index (χ4v) is 3.39. The molecule has 2 aromatic carbocycles. The Bertz CT molecular complexity index is 805. The summed E-state index contributed by atoms with van der Waals surface area (Å²) in [6.07, 6.45) is 0. The average molecular weight is 379 g/mol. The number of halogens is 3. The molecule has 22 heavy (non-hydrogen) atoms. The standard InChI is InChI=1S/C14H10Cl3NO3S/c15-9-1-4-11(5-2-9)22(20,21)8-14(19)18-13-6-3-10(16)7-12(13)17/h1-7H,8H2,(H,18,19). The molecule has 0 spiro atoms. The maximum Gasteiger partial charge on any atom is 0.240 e. The molecule has 8 heteroatoms. The predicted octanol–water partition coefficient (Wildman–Crippen LogP) is 4.06. The Labute approximate surface area is 142 Å². The first-order chi connectivity index (χ1) is 10.3. The normalized spacial score (nSPS) is 11.2. The van der Waals surface area contributed by atoms with E-state index in [4.69, 9.17) is 34.8 Å². The molecule has 0 aliphatic carbocycles. The topological polar surface area (TPSA) is 63.2 Å². The number of amides is 1. The smallest absolute Gasteiger partial charge is 0.240 e. The summed E-state index contributed by atoms with van der Waals surface area (Å²) in [4.78, 5) is 11.9. The fourth-order valence-electron chi connectivity index (χ4n) is 1.67. The van der Waals surface area contributed by atoms with Crippen molar-refractivity contribution in [1.29, 1.82) is 0 Å². The highest BCUT2D eigenvalue weighted by atomic mass is 35.5. The van der Waals surface area contributed by atoms with Crippen molar-refractivity contribution in [2.24, 2.45) is 0 Å². The summed E-state index contributed by atoms with van der Waals surface area (Å²) in [5.74, 6) is -1.40. The molecule has 0 saturated heterocycles. The number of rotatable bonds is 4. The van der Waals surface area contributed by atoms with E-state index in [2.05, 4.69) is 5.32 Å². The Morgan fingerprint density at radius 2 is 1.55 bits per heavy atom. The van der Waals surface area contributed by atoms with Gasteiger partial charge in [0.2, 0.25) is 5.91 Å². The zero-order valence-electron chi connectivity index (χ0n) is 11.0. The molecule has 4 nitrogen and oxygen atoms in total. The summed E-state index contributed by atoms with van der Waals surface area (Å²) in [7, 11) is -3.76. The summed E-state index contributed by atoms with van der Waals surface area (Å²) < 4.78 is 24.3. The van der Waals surface area contributed by atoms with Crippen LogP contribution in [-0.2, 0) is 14.6 Å². The highest BCUT2D eigenvalue weighted by Crippen LogP contribution is 2.25. The van der Waals surface area contributed by atoms with Crippen LogP contribution in [0.5, 0.6) is 0 Å². The minimum absolute atomic E-state index is 0.0225. The molecule has 2 rings (SSSR count). The number of carbonyl (C=O) groups excluding carboxylic acids is 1. The Hall–Kier alpha value is -1.27. The second-order valence-electron chi connectivity index (χ2n) is 4.39. The number of hydrogen-bond acceptors (Lipinski definition) is 3. The minimum atomic E-state index is -3.76. The summed E-state index contributed by atoms with van der Waals surface area (Å²) in [6, 6.07) is 10.1. The van der Waals surface area contributed by atoms with Gasteiger partial charge in [0.05, 0.1) is 15.6 Å². The second kappa shape index (κ2) is 6.87. The van der Waals surface area contributed by atoms with Crippen LogP contribution in [0.1, 0.15) is 0 Å². The maximum atomic E-state index is 12.1. The fraction of sp³-hybridized carbons (Fsp3) is 0.0714. The van der Waals surface area contributed by atoms with E-state index in [-0.39, 0.29) is 9.92 Å². The molecule has 1 amide bonds. The lowest BCUT2D eigenvalue weighted by molar-refractivity contribution is -0.113. The van der Waals surface area contributed by atoms with Gasteiger partial charge in [0, 0.05) is 10.0 Å². The third kappa shape index (κ3) is 4.36. The molecule has 0 radical (unpaired) electrons. The number of sulfone groups is 1. The van der Waals surface area contributed by atoms with Crippen LogP contribution in [0.4, 0.5) is 5.69 Å². The van der Waals surface area contributed by atoms with Crippen molar-refractivity contribution in [3.05, 3.63) is 57.5 Å². The van der Waals surface area contributed by atoms with Gasteiger partial charge in [-0.1, -0.05) is 34.8 Å². The van der Waals surface area contributed by atoms with Gasteiger partial charge in [-0.05, 0) is 42.5 Å². The Kier molecular flexibility index (Phi) is 5.34. The number of anilines is 1. The monoisotopic (exact) mass is 377 g/mol. The van der Waals surface area contributed by atoms with Gasteiger partial charge in [-0.25, -0.2) is 8.42 Å². The molecule has 0 fully saturated rings. The largest absolute Gasteiger partial charge is 0.324 e. The van der Waals surface area contributed by atoms with Gasteiger partial charge >= 0.3 is 0 Å². The first-order valence-corrected chi connectivity index (χ1v) is 8.80. The van der Waals surface area contributed by atoms with Crippen molar-refractivity contribution >= 4 is 56.2 Å². The lowest BCUT2D eigenvalue weighted by atomic mass is 10.3. The van der Waals surface area contributed by atoms with Crippen molar-refractivity contribution in [2.45, 2.75) is 4.90 Å². The van der Waals surface area contributed by atoms with E-state index in [0.717, 1.165) is 0 Å². The number of carbonyl (C=O) groups is 1. The lowest BCUT2D eigenvalue weighted by Crippen LogP contribution is -2.23. The maximum absolute atomic E-state index is 12.1. The lowest BCUT2D eigenvalue weighted by Gasteiger charge is -2.08. The third-order valence-electron chi connectivity index (χ3n) is 2.70. The highest BCUT2D eigenvalue weighted by Gasteiger charge is 2.20. The van der Waals surface area contributed by atoms with Crippen LogP contribution in [0, 0.1) is 0 Å². The summed E-state index contributed by atoms with van der Waals surface area (Å²) in [6.45, 7) is 0. The quantitative estimate of drug-likeness (QED) is 0.872. The molecule has 0 heterocycles. The van der Waals surface area contributed by atoms with E-state index >= 15 is 0 Å². The van der Waals surface area contributed by atoms with Crippen LogP contribution in [0.3, 0.4) is 0 Å². The molecule has 0 unspecified atom stereocenters. The van der Waals surface area contributed by atoms with Crippen LogP contribution in [0.25, 0.3) is 0 Å². The van der Waals surface area contributed by atoms with E-state index in [1.165, 1.54) is 42.5 Å². The molecule has 0 aliphatic rings. The van der Waals surface area contributed by atoms with Gasteiger partial charge in [-0.2, -0.15) is 0 Å². The van der Waals surface area contributed by atoms with E-state index in [9.17, 15) is 13.2 Å². The zero-order valence-corrected chi connectivity index (χ0v) is 14.1. The van der Waals surface area contributed by atoms with Gasteiger partial charge in [0.15, 0.2) is 9.84 Å². The molecular weight excluding hydrogens is 369 g/mol. The first-order valence-electron chi connectivity index (χ1n) is 6.01. The van der Waals surface area contributed by atoms with Crippen molar-refractivity contribution in [3.63, 3.8) is 0 Å². The third-order valence-corrected chi connectivity index (χ3v) is 5.13. The second-order valence-corrected chi connectivity index (χ2v) is 7.65. The van der Waals surface area contributed by atoms with Crippen LogP contribution in [0.2, 0.25) is 15.1 Å². The van der Waals surface area contributed by atoms with Crippen LogP contribution >= 0.6 is 34.8 Å². The SMILES string of the molecule is O=C(CS(=O)(=O)c1ccc(Cl)cc1)Nc1ccc(Cl)cc1Cl. The van der Waals surface area contributed by atoms with E-state index in [1.54, 1.807) is 0 Å². The zero-order chi connectivity index (χ0) is 16.3. The molecule has 2 aromatic rings. The van der Waals surface area contributed by atoms with Gasteiger partial charge < -0.3 is 5.32 Å². The predicted molar refractivity (Wildman–Crippen MR) is 88.6 cm³/mol.